The first-order valence-electron chi connectivity index (χ1n) is 8.20. The Hall–Kier alpha value is -3.61. The molecule has 0 aliphatic heterocycles. The number of rotatable bonds is 6. The number of nitrogens with zero attached hydrogens (tertiary/aromatic N) is 1. The van der Waals surface area contributed by atoms with Crippen LogP contribution < -0.4 is 4.74 Å². The molecule has 3 rings (SSSR count). The molecule has 2 aromatic carbocycles. The summed E-state index contributed by atoms with van der Waals surface area (Å²) in [7, 11) is 1.27. The standard InChI is InChI=1S/C20H17NO6/c1-3-25-20(23)17-12-26-18(21-17)15-10-9-14(11-16(15)19(22)24-2)27-13-7-5-4-6-8-13/h4-12H,3H2,1-2H3. The molecule has 0 N–H and O–H groups in total. The summed E-state index contributed by atoms with van der Waals surface area (Å²) < 4.78 is 20.8. The third kappa shape index (κ3) is 4.14. The Labute approximate surface area is 155 Å². The van der Waals surface area contributed by atoms with Crippen LogP contribution in [0.25, 0.3) is 11.5 Å². The summed E-state index contributed by atoms with van der Waals surface area (Å²) in [6.07, 6.45) is 1.18. The summed E-state index contributed by atoms with van der Waals surface area (Å²) >= 11 is 0. The summed E-state index contributed by atoms with van der Waals surface area (Å²) in [6, 6.07) is 14.0. The van der Waals surface area contributed by atoms with Gasteiger partial charge >= 0.3 is 11.9 Å². The number of oxazole rings is 1. The fourth-order valence-corrected chi connectivity index (χ4v) is 2.37. The van der Waals surface area contributed by atoms with E-state index in [0.717, 1.165) is 0 Å². The highest BCUT2D eigenvalue weighted by molar-refractivity contribution is 5.97. The normalized spacial score (nSPS) is 10.3. The van der Waals surface area contributed by atoms with E-state index in [2.05, 4.69) is 4.98 Å². The Morgan fingerprint density at radius 3 is 2.52 bits per heavy atom. The highest BCUT2D eigenvalue weighted by atomic mass is 16.5. The molecular formula is C20H17NO6. The van der Waals surface area contributed by atoms with Crippen LogP contribution in [0.4, 0.5) is 0 Å². The van der Waals surface area contributed by atoms with E-state index in [1.807, 2.05) is 18.2 Å². The Morgan fingerprint density at radius 2 is 1.81 bits per heavy atom. The van der Waals surface area contributed by atoms with Crippen LogP contribution in [0.1, 0.15) is 27.8 Å². The van der Waals surface area contributed by atoms with Gasteiger partial charge in [-0.25, -0.2) is 14.6 Å². The van der Waals surface area contributed by atoms with Crippen molar-refractivity contribution in [3.05, 3.63) is 66.1 Å². The van der Waals surface area contributed by atoms with Crippen LogP contribution in [0.2, 0.25) is 0 Å². The predicted octanol–water partition coefficient (Wildman–Crippen LogP) is 4.10. The molecule has 0 amide bonds. The van der Waals surface area contributed by atoms with Gasteiger partial charge in [-0.3, -0.25) is 0 Å². The Kier molecular flexibility index (Phi) is 5.51. The smallest absolute Gasteiger partial charge is 0.360 e. The minimum atomic E-state index is -0.601. The van der Waals surface area contributed by atoms with Crippen LogP contribution in [-0.4, -0.2) is 30.6 Å². The molecule has 0 unspecified atom stereocenters. The van der Waals surface area contributed by atoms with Crippen molar-refractivity contribution in [2.75, 3.05) is 13.7 Å². The van der Waals surface area contributed by atoms with E-state index in [4.69, 9.17) is 18.6 Å². The van der Waals surface area contributed by atoms with Gasteiger partial charge in [0, 0.05) is 0 Å². The molecule has 138 valence electrons. The molecule has 1 aromatic heterocycles. The summed E-state index contributed by atoms with van der Waals surface area (Å²) in [6.45, 7) is 1.92. The van der Waals surface area contributed by atoms with Gasteiger partial charge < -0.3 is 18.6 Å². The quantitative estimate of drug-likeness (QED) is 0.606. The largest absolute Gasteiger partial charge is 0.465 e. The van der Waals surface area contributed by atoms with Crippen LogP contribution >= 0.6 is 0 Å². The van der Waals surface area contributed by atoms with Crippen molar-refractivity contribution in [2.45, 2.75) is 6.92 Å². The van der Waals surface area contributed by atoms with Crippen LogP contribution in [0.5, 0.6) is 11.5 Å². The SMILES string of the molecule is CCOC(=O)c1coc(-c2ccc(Oc3ccccc3)cc2C(=O)OC)n1. The lowest BCUT2D eigenvalue weighted by atomic mass is 10.1. The number of carbonyl (C=O) groups is 2. The first-order valence-corrected chi connectivity index (χ1v) is 8.20. The lowest BCUT2D eigenvalue weighted by Crippen LogP contribution is -2.06. The molecule has 0 spiro atoms. The van der Waals surface area contributed by atoms with E-state index >= 15 is 0 Å². The molecule has 3 aromatic rings. The van der Waals surface area contributed by atoms with Gasteiger partial charge in [0.2, 0.25) is 5.89 Å². The van der Waals surface area contributed by atoms with Crippen LogP contribution in [0.3, 0.4) is 0 Å². The molecular weight excluding hydrogens is 350 g/mol. The zero-order valence-corrected chi connectivity index (χ0v) is 14.8. The number of esters is 2. The van der Waals surface area contributed by atoms with Crippen molar-refractivity contribution in [3.8, 4) is 23.0 Å². The van der Waals surface area contributed by atoms with Crippen molar-refractivity contribution < 1.29 is 28.2 Å². The monoisotopic (exact) mass is 367 g/mol. The number of hydrogen-bond donors (Lipinski definition) is 0. The lowest BCUT2D eigenvalue weighted by Gasteiger charge is -2.09. The molecule has 0 saturated carbocycles. The van der Waals surface area contributed by atoms with Gasteiger partial charge in [0.25, 0.3) is 0 Å². The van der Waals surface area contributed by atoms with Crippen molar-refractivity contribution in [1.29, 1.82) is 0 Å². The van der Waals surface area contributed by atoms with Crippen molar-refractivity contribution in [2.24, 2.45) is 0 Å². The molecule has 0 saturated heterocycles. The van der Waals surface area contributed by atoms with E-state index in [1.54, 1.807) is 31.2 Å². The Bertz CT molecular complexity index is 948. The fraction of sp³-hybridized carbons (Fsp3) is 0.150. The topological polar surface area (TPSA) is 87.9 Å². The maximum absolute atomic E-state index is 12.2. The molecule has 0 atom stereocenters. The lowest BCUT2D eigenvalue weighted by molar-refractivity contribution is 0.0518. The van der Waals surface area contributed by atoms with E-state index < -0.39 is 11.9 Å². The molecule has 0 fully saturated rings. The van der Waals surface area contributed by atoms with Gasteiger partial charge in [-0.2, -0.15) is 0 Å². The zero-order chi connectivity index (χ0) is 19.2. The molecule has 27 heavy (non-hydrogen) atoms. The summed E-state index contributed by atoms with van der Waals surface area (Å²) in [5.74, 6) is -0.00966. The molecule has 0 bridgehead atoms. The second kappa shape index (κ2) is 8.18. The third-order valence-corrected chi connectivity index (χ3v) is 3.59. The summed E-state index contributed by atoms with van der Waals surface area (Å²) in [4.78, 5) is 28.1. The summed E-state index contributed by atoms with van der Waals surface area (Å²) in [5.41, 5.74) is 0.591. The van der Waals surface area contributed by atoms with Gasteiger partial charge in [0.05, 0.1) is 24.8 Å². The highest BCUT2D eigenvalue weighted by Crippen LogP contribution is 2.30. The number of carbonyl (C=O) groups excluding carboxylic acids is 2. The Balaban J connectivity index is 1.95. The van der Waals surface area contributed by atoms with Crippen LogP contribution in [-0.2, 0) is 9.47 Å². The van der Waals surface area contributed by atoms with E-state index in [1.165, 1.54) is 19.4 Å². The van der Waals surface area contributed by atoms with Gasteiger partial charge in [0.1, 0.15) is 17.8 Å². The Morgan fingerprint density at radius 1 is 1.04 bits per heavy atom. The van der Waals surface area contributed by atoms with Gasteiger partial charge in [-0.05, 0) is 37.3 Å². The number of hydrogen-bond acceptors (Lipinski definition) is 7. The highest BCUT2D eigenvalue weighted by Gasteiger charge is 2.21. The number of methoxy groups -OCH3 is 1. The number of benzene rings is 2. The second-order valence-corrected chi connectivity index (χ2v) is 5.37. The molecule has 7 nitrogen and oxygen atoms in total. The number of para-hydroxylation sites is 1. The van der Waals surface area contributed by atoms with E-state index in [9.17, 15) is 9.59 Å². The predicted molar refractivity (Wildman–Crippen MR) is 95.8 cm³/mol. The minimum Gasteiger partial charge on any atom is -0.465 e. The van der Waals surface area contributed by atoms with E-state index in [-0.39, 0.29) is 23.8 Å². The molecule has 0 aliphatic carbocycles. The number of ether oxygens (including phenoxy) is 3. The molecule has 1 heterocycles. The summed E-state index contributed by atoms with van der Waals surface area (Å²) in [5, 5.41) is 0. The maximum Gasteiger partial charge on any atom is 0.360 e. The second-order valence-electron chi connectivity index (χ2n) is 5.37. The average Bonchev–Trinajstić information content (AvgIpc) is 3.18. The fourth-order valence-electron chi connectivity index (χ4n) is 2.37. The molecule has 7 heteroatoms. The van der Waals surface area contributed by atoms with Crippen LogP contribution in [0, 0.1) is 0 Å². The first-order chi connectivity index (χ1) is 13.1. The van der Waals surface area contributed by atoms with Crippen molar-refractivity contribution in [1.82, 2.24) is 4.98 Å². The maximum atomic E-state index is 12.2. The third-order valence-electron chi connectivity index (χ3n) is 3.59. The van der Waals surface area contributed by atoms with E-state index in [0.29, 0.717) is 17.1 Å². The van der Waals surface area contributed by atoms with Crippen molar-refractivity contribution >= 4 is 11.9 Å². The first kappa shape index (κ1) is 18.2. The minimum absolute atomic E-state index is 0.0206. The average molecular weight is 367 g/mol. The van der Waals surface area contributed by atoms with Gasteiger partial charge in [-0.15, -0.1) is 0 Å². The van der Waals surface area contributed by atoms with Gasteiger partial charge in [-0.1, -0.05) is 18.2 Å². The van der Waals surface area contributed by atoms with Crippen LogP contribution in [0.15, 0.2) is 59.2 Å². The number of aromatic nitrogens is 1. The van der Waals surface area contributed by atoms with Gasteiger partial charge in [0.15, 0.2) is 5.69 Å². The zero-order valence-electron chi connectivity index (χ0n) is 14.8. The molecule has 0 radical (unpaired) electrons. The van der Waals surface area contributed by atoms with Crippen molar-refractivity contribution in [3.63, 3.8) is 0 Å². The molecule has 0 aliphatic rings.